The summed E-state index contributed by atoms with van der Waals surface area (Å²) in [5, 5.41) is 12.1. The summed E-state index contributed by atoms with van der Waals surface area (Å²) >= 11 is 0. The van der Waals surface area contributed by atoms with Crippen molar-refractivity contribution in [1.82, 2.24) is 5.48 Å². The Bertz CT molecular complexity index is 849. The fraction of sp³-hybridized carbons (Fsp3) is 0. The molecule has 3 aromatic carbocycles. The van der Waals surface area contributed by atoms with E-state index >= 15 is 0 Å². The van der Waals surface area contributed by atoms with Gasteiger partial charge >= 0.3 is 0 Å². The van der Waals surface area contributed by atoms with Crippen LogP contribution in [0.3, 0.4) is 0 Å². The van der Waals surface area contributed by atoms with Crippen LogP contribution in [0.2, 0.25) is 0 Å². The number of hydrogen-bond donors (Lipinski definition) is 3. The van der Waals surface area contributed by atoms with Crippen LogP contribution in [0.5, 0.6) is 0 Å². The maximum atomic E-state index is 13.0. The lowest BCUT2D eigenvalue weighted by Gasteiger charge is -2.12. The summed E-state index contributed by atoms with van der Waals surface area (Å²) in [4.78, 5) is 11.9. The molecule has 1 amide bonds. The molecule has 120 valence electrons. The van der Waals surface area contributed by atoms with Crippen LogP contribution < -0.4 is 10.8 Å². The molecule has 0 aliphatic carbocycles. The van der Waals surface area contributed by atoms with Gasteiger partial charge in [-0.2, -0.15) is 0 Å². The number of halogens is 1. The number of carbonyl (C=O) groups excluding carboxylic acids is 1. The van der Waals surface area contributed by atoms with E-state index in [1.165, 1.54) is 12.1 Å². The summed E-state index contributed by atoms with van der Waals surface area (Å²) in [5.74, 6) is -0.886. The predicted octanol–water partition coefficient (Wildman–Crippen LogP) is 4.36. The summed E-state index contributed by atoms with van der Waals surface area (Å²) in [6.07, 6.45) is 0. The van der Waals surface area contributed by atoms with E-state index in [2.05, 4.69) is 5.32 Å². The SMILES string of the molecule is O=C(NO)c1ccc(Nc2ccc(F)cc2)cc1-c1ccccc1. The lowest BCUT2D eigenvalue weighted by Crippen LogP contribution is -2.19. The Morgan fingerprint density at radius 1 is 0.875 bits per heavy atom. The second-order valence-electron chi connectivity index (χ2n) is 5.20. The van der Waals surface area contributed by atoms with Crippen molar-refractivity contribution in [1.29, 1.82) is 0 Å². The summed E-state index contributed by atoms with van der Waals surface area (Å²) in [5.41, 5.74) is 5.02. The standard InChI is InChI=1S/C19H15FN2O2/c20-14-6-8-15(9-7-14)21-16-10-11-17(19(23)22-24)18(12-16)13-4-2-1-3-5-13/h1-12,21,24H,(H,22,23). The van der Waals surface area contributed by atoms with E-state index in [1.54, 1.807) is 29.7 Å². The highest BCUT2D eigenvalue weighted by Gasteiger charge is 2.13. The molecule has 0 spiro atoms. The molecule has 0 unspecified atom stereocenters. The van der Waals surface area contributed by atoms with Crippen LogP contribution >= 0.6 is 0 Å². The van der Waals surface area contributed by atoms with Gasteiger partial charge in [0.2, 0.25) is 0 Å². The Balaban J connectivity index is 2.00. The molecule has 0 saturated heterocycles. The Morgan fingerprint density at radius 3 is 2.21 bits per heavy atom. The zero-order valence-corrected chi connectivity index (χ0v) is 12.7. The number of benzene rings is 3. The van der Waals surface area contributed by atoms with Gasteiger partial charge in [-0.15, -0.1) is 0 Å². The summed E-state index contributed by atoms with van der Waals surface area (Å²) in [6.45, 7) is 0. The third-order valence-electron chi connectivity index (χ3n) is 3.58. The maximum Gasteiger partial charge on any atom is 0.275 e. The van der Waals surface area contributed by atoms with Crippen LogP contribution in [0.15, 0.2) is 72.8 Å². The third kappa shape index (κ3) is 3.42. The molecule has 0 atom stereocenters. The largest absolute Gasteiger partial charge is 0.356 e. The van der Waals surface area contributed by atoms with Crippen molar-refractivity contribution in [3.05, 3.63) is 84.2 Å². The highest BCUT2D eigenvalue weighted by molar-refractivity contribution is 6.01. The van der Waals surface area contributed by atoms with E-state index in [-0.39, 0.29) is 5.82 Å². The number of anilines is 2. The Kier molecular flexibility index (Phi) is 4.54. The minimum atomic E-state index is -0.581. The number of hydrogen-bond acceptors (Lipinski definition) is 3. The molecule has 0 fully saturated rings. The van der Waals surface area contributed by atoms with Crippen molar-refractivity contribution in [2.24, 2.45) is 0 Å². The van der Waals surface area contributed by atoms with Gasteiger partial charge in [0.15, 0.2) is 0 Å². The topological polar surface area (TPSA) is 61.4 Å². The summed E-state index contributed by atoms with van der Waals surface area (Å²) < 4.78 is 13.0. The first kappa shape index (κ1) is 15.7. The van der Waals surface area contributed by atoms with Gasteiger partial charge in [0, 0.05) is 16.9 Å². The lowest BCUT2D eigenvalue weighted by atomic mass is 9.98. The summed E-state index contributed by atoms with van der Waals surface area (Å²) in [6, 6.07) is 20.5. The molecular weight excluding hydrogens is 307 g/mol. The smallest absolute Gasteiger partial charge is 0.275 e. The van der Waals surface area contributed by atoms with Gasteiger partial charge in [0.25, 0.3) is 5.91 Å². The first-order valence-corrected chi connectivity index (χ1v) is 7.34. The number of amides is 1. The minimum absolute atomic E-state index is 0.305. The fourth-order valence-electron chi connectivity index (χ4n) is 2.44. The van der Waals surface area contributed by atoms with Gasteiger partial charge in [0.05, 0.1) is 0 Å². The Hall–Kier alpha value is -3.18. The normalized spacial score (nSPS) is 10.2. The zero-order chi connectivity index (χ0) is 16.9. The molecule has 0 aliphatic rings. The molecule has 5 heteroatoms. The van der Waals surface area contributed by atoms with Crippen molar-refractivity contribution < 1.29 is 14.4 Å². The molecule has 24 heavy (non-hydrogen) atoms. The van der Waals surface area contributed by atoms with Crippen LogP contribution in [0.1, 0.15) is 10.4 Å². The van der Waals surface area contributed by atoms with E-state index < -0.39 is 5.91 Å². The van der Waals surface area contributed by atoms with Crippen molar-refractivity contribution >= 4 is 17.3 Å². The van der Waals surface area contributed by atoms with Gasteiger partial charge in [-0.1, -0.05) is 30.3 Å². The van der Waals surface area contributed by atoms with Crippen LogP contribution in [0.4, 0.5) is 15.8 Å². The van der Waals surface area contributed by atoms with Gasteiger partial charge in [0.1, 0.15) is 5.82 Å². The fourth-order valence-corrected chi connectivity index (χ4v) is 2.44. The number of carbonyl (C=O) groups is 1. The van der Waals surface area contributed by atoms with Crippen molar-refractivity contribution in [3.8, 4) is 11.1 Å². The van der Waals surface area contributed by atoms with E-state index in [0.29, 0.717) is 11.1 Å². The molecule has 3 N–H and O–H groups in total. The molecule has 0 saturated carbocycles. The van der Waals surface area contributed by atoms with Crippen LogP contribution in [0.25, 0.3) is 11.1 Å². The molecule has 0 bridgehead atoms. The number of hydroxylamine groups is 1. The second-order valence-corrected chi connectivity index (χ2v) is 5.20. The highest BCUT2D eigenvalue weighted by Crippen LogP contribution is 2.28. The average molecular weight is 322 g/mol. The quantitative estimate of drug-likeness (QED) is 0.494. The average Bonchev–Trinajstić information content (AvgIpc) is 2.63. The maximum absolute atomic E-state index is 13.0. The van der Waals surface area contributed by atoms with E-state index in [9.17, 15) is 9.18 Å². The molecule has 0 aliphatic heterocycles. The molecule has 3 rings (SSSR count). The molecule has 4 nitrogen and oxygen atoms in total. The van der Waals surface area contributed by atoms with Gasteiger partial charge in [-0.05, 0) is 53.6 Å². The first-order valence-electron chi connectivity index (χ1n) is 7.34. The monoisotopic (exact) mass is 322 g/mol. The second kappa shape index (κ2) is 6.93. The van der Waals surface area contributed by atoms with Crippen LogP contribution in [-0.4, -0.2) is 11.1 Å². The summed E-state index contributed by atoms with van der Waals surface area (Å²) in [7, 11) is 0. The van der Waals surface area contributed by atoms with E-state index in [4.69, 9.17) is 5.21 Å². The molecule has 0 heterocycles. The predicted molar refractivity (Wildman–Crippen MR) is 90.8 cm³/mol. The number of nitrogens with one attached hydrogen (secondary N) is 2. The Morgan fingerprint density at radius 2 is 1.54 bits per heavy atom. The van der Waals surface area contributed by atoms with Crippen LogP contribution in [0, 0.1) is 5.82 Å². The van der Waals surface area contributed by atoms with Gasteiger partial charge < -0.3 is 5.32 Å². The zero-order valence-electron chi connectivity index (χ0n) is 12.7. The molecule has 0 radical (unpaired) electrons. The lowest BCUT2D eigenvalue weighted by molar-refractivity contribution is 0.0707. The highest BCUT2D eigenvalue weighted by atomic mass is 19.1. The molecule has 3 aromatic rings. The number of rotatable bonds is 4. The van der Waals surface area contributed by atoms with E-state index in [1.807, 2.05) is 36.4 Å². The first-order chi connectivity index (χ1) is 11.7. The van der Waals surface area contributed by atoms with Gasteiger partial charge in [-0.25, -0.2) is 9.87 Å². The van der Waals surface area contributed by atoms with E-state index in [0.717, 1.165) is 16.9 Å². The van der Waals surface area contributed by atoms with Crippen molar-refractivity contribution in [2.75, 3.05) is 5.32 Å². The van der Waals surface area contributed by atoms with Crippen molar-refractivity contribution in [3.63, 3.8) is 0 Å². The molecular formula is C19H15FN2O2. The van der Waals surface area contributed by atoms with Crippen LogP contribution in [-0.2, 0) is 0 Å². The Labute approximate surface area is 138 Å². The molecule has 0 aromatic heterocycles. The van der Waals surface area contributed by atoms with Crippen molar-refractivity contribution in [2.45, 2.75) is 0 Å². The minimum Gasteiger partial charge on any atom is -0.356 e. The van der Waals surface area contributed by atoms with Gasteiger partial charge in [-0.3, -0.25) is 10.0 Å². The third-order valence-corrected chi connectivity index (χ3v) is 3.58.